The number of nitrogens with one attached hydrogen (secondary N) is 2. The minimum absolute atomic E-state index is 0.0890. The number of aryl methyl sites for hydroxylation is 1. The van der Waals surface area contributed by atoms with Gasteiger partial charge in [-0.3, -0.25) is 9.20 Å². The molecule has 0 bridgehead atoms. The molecule has 1 atom stereocenters. The van der Waals surface area contributed by atoms with Crippen LogP contribution < -0.4 is 10.6 Å². The lowest BCUT2D eigenvalue weighted by Gasteiger charge is -2.23. The zero-order valence-electron chi connectivity index (χ0n) is 16.1. The van der Waals surface area contributed by atoms with Gasteiger partial charge in [0.25, 0.3) is 5.91 Å². The molecule has 3 heterocycles. The van der Waals surface area contributed by atoms with Gasteiger partial charge in [0.05, 0.1) is 29.7 Å². The molecule has 1 amide bonds. The first-order valence-electron chi connectivity index (χ1n) is 9.35. The van der Waals surface area contributed by atoms with E-state index in [0.29, 0.717) is 30.9 Å². The molecule has 2 N–H and O–H groups in total. The molecule has 1 fully saturated rings. The number of fused-ring (bicyclic) bond motifs is 1. The lowest BCUT2D eigenvalue weighted by Crippen LogP contribution is -2.39. The van der Waals surface area contributed by atoms with Gasteiger partial charge in [0.15, 0.2) is 0 Å². The van der Waals surface area contributed by atoms with Crippen molar-refractivity contribution in [2.45, 2.75) is 19.4 Å². The number of hydrogen-bond donors (Lipinski definition) is 2. The predicted octanol–water partition coefficient (Wildman–Crippen LogP) is 1.87. The van der Waals surface area contributed by atoms with E-state index in [2.05, 4.69) is 20.6 Å². The summed E-state index contributed by atoms with van der Waals surface area (Å²) in [5.41, 5.74) is 1.72. The van der Waals surface area contributed by atoms with Crippen molar-refractivity contribution in [1.82, 2.24) is 25.0 Å². The molecule has 1 aliphatic rings. The van der Waals surface area contributed by atoms with E-state index < -0.39 is 17.5 Å². The van der Waals surface area contributed by atoms with Gasteiger partial charge in [-0.2, -0.15) is 0 Å². The predicted molar refractivity (Wildman–Crippen MR) is 103 cm³/mol. The summed E-state index contributed by atoms with van der Waals surface area (Å²) in [6.07, 6.45) is 1.85. The molecular weight excluding hydrogens is 380 g/mol. The summed E-state index contributed by atoms with van der Waals surface area (Å²) in [6.45, 7) is 3.78. The Hall–Kier alpha value is -2.91. The van der Waals surface area contributed by atoms with Crippen molar-refractivity contribution in [2.75, 3.05) is 26.7 Å². The van der Waals surface area contributed by atoms with Gasteiger partial charge in [-0.05, 0) is 19.1 Å². The van der Waals surface area contributed by atoms with E-state index in [0.717, 1.165) is 24.4 Å². The monoisotopic (exact) mass is 401 g/mol. The van der Waals surface area contributed by atoms with Crippen molar-refractivity contribution in [3.8, 4) is 11.3 Å². The van der Waals surface area contributed by atoms with Gasteiger partial charge < -0.3 is 15.4 Å². The first kappa shape index (κ1) is 19.4. The number of halogens is 2. The molecule has 9 heteroatoms. The van der Waals surface area contributed by atoms with E-state index >= 15 is 0 Å². The average Bonchev–Trinajstić information content (AvgIpc) is 3.04. The van der Waals surface area contributed by atoms with Crippen LogP contribution >= 0.6 is 0 Å². The summed E-state index contributed by atoms with van der Waals surface area (Å²) in [7, 11) is 1.40. The maximum Gasteiger partial charge on any atom is 0.251 e. The van der Waals surface area contributed by atoms with E-state index in [-0.39, 0.29) is 22.9 Å². The second-order valence-corrected chi connectivity index (χ2v) is 6.96. The zero-order chi connectivity index (χ0) is 20.5. The van der Waals surface area contributed by atoms with Crippen LogP contribution in [-0.4, -0.2) is 53.1 Å². The van der Waals surface area contributed by atoms with Crippen molar-refractivity contribution in [3.05, 3.63) is 53.1 Å². The Morgan fingerprint density at radius 1 is 1.34 bits per heavy atom. The quantitative estimate of drug-likeness (QED) is 0.698. The maximum absolute atomic E-state index is 14.9. The fraction of sp³-hybridized carbons (Fsp3) is 0.350. The Bertz CT molecular complexity index is 1050. The molecule has 3 aromatic rings. The third-order valence-corrected chi connectivity index (χ3v) is 4.95. The van der Waals surface area contributed by atoms with Crippen LogP contribution in [0.5, 0.6) is 0 Å². The standard InChI is InChI=1S/C20H21F2N5O2/c1-11-5-17-26-19(18-14(21)6-12(7-15(18)22)20(28)23-2)16(27(17)10-25-11)8-13-9-24-3-4-29-13/h5-7,10,13,24H,3-4,8-9H2,1-2H3,(H,23,28)/t13-/m0/s1. The molecule has 7 nitrogen and oxygen atoms in total. The second kappa shape index (κ2) is 7.84. The number of rotatable bonds is 4. The topological polar surface area (TPSA) is 80.6 Å². The fourth-order valence-corrected chi connectivity index (χ4v) is 3.53. The van der Waals surface area contributed by atoms with Crippen LogP contribution in [-0.2, 0) is 11.2 Å². The van der Waals surface area contributed by atoms with Crippen molar-refractivity contribution in [2.24, 2.45) is 0 Å². The maximum atomic E-state index is 14.9. The average molecular weight is 401 g/mol. The van der Waals surface area contributed by atoms with Crippen LogP contribution in [0, 0.1) is 18.6 Å². The summed E-state index contributed by atoms with van der Waals surface area (Å²) in [4.78, 5) is 20.6. The molecule has 4 rings (SSSR count). The van der Waals surface area contributed by atoms with Gasteiger partial charge in [0.1, 0.15) is 23.6 Å². The highest BCUT2D eigenvalue weighted by atomic mass is 19.1. The highest BCUT2D eigenvalue weighted by molar-refractivity contribution is 5.94. The Morgan fingerprint density at radius 2 is 2.10 bits per heavy atom. The summed E-state index contributed by atoms with van der Waals surface area (Å²) >= 11 is 0. The first-order chi connectivity index (χ1) is 14.0. The molecule has 0 saturated carbocycles. The SMILES string of the molecule is CNC(=O)c1cc(F)c(-c2nc3cc(C)ncn3c2C[C@H]2CNCCO2)c(F)c1. The Labute approximate surface area is 166 Å². The number of morpholine rings is 1. The highest BCUT2D eigenvalue weighted by Crippen LogP contribution is 2.31. The van der Waals surface area contributed by atoms with Crippen LogP contribution in [0.4, 0.5) is 8.78 Å². The molecule has 2 aromatic heterocycles. The molecule has 0 radical (unpaired) electrons. The van der Waals surface area contributed by atoms with Gasteiger partial charge in [-0.1, -0.05) is 0 Å². The lowest BCUT2D eigenvalue weighted by atomic mass is 10.0. The van der Waals surface area contributed by atoms with E-state index in [1.807, 2.05) is 6.92 Å². The number of hydrogen-bond acceptors (Lipinski definition) is 5. The number of nitrogens with zero attached hydrogens (tertiary/aromatic N) is 3. The lowest BCUT2D eigenvalue weighted by molar-refractivity contribution is 0.0286. The van der Waals surface area contributed by atoms with Crippen LogP contribution in [0.25, 0.3) is 16.9 Å². The van der Waals surface area contributed by atoms with E-state index in [1.54, 1.807) is 16.8 Å². The molecule has 0 aliphatic carbocycles. The summed E-state index contributed by atoms with van der Waals surface area (Å²) in [5.74, 6) is -2.26. The third kappa shape index (κ3) is 3.70. The summed E-state index contributed by atoms with van der Waals surface area (Å²) < 4.78 is 37.4. The fourth-order valence-electron chi connectivity index (χ4n) is 3.53. The summed E-state index contributed by atoms with van der Waals surface area (Å²) in [5, 5.41) is 5.61. The van der Waals surface area contributed by atoms with Gasteiger partial charge in [-0.25, -0.2) is 18.7 Å². The van der Waals surface area contributed by atoms with Gasteiger partial charge in [0.2, 0.25) is 0 Å². The molecule has 152 valence electrons. The minimum atomic E-state index is -0.847. The normalized spacial score (nSPS) is 16.9. The highest BCUT2D eigenvalue weighted by Gasteiger charge is 2.25. The Kier molecular flexibility index (Phi) is 5.25. The number of carbonyl (C=O) groups is 1. The Balaban J connectivity index is 1.86. The number of ether oxygens (including phenoxy) is 1. The molecule has 1 saturated heterocycles. The van der Waals surface area contributed by atoms with Crippen molar-refractivity contribution in [1.29, 1.82) is 0 Å². The minimum Gasteiger partial charge on any atom is -0.375 e. The number of carbonyl (C=O) groups excluding carboxylic acids is 1. The molecule has 0 unspecified atom stereocenters. The van der Waals surface area contributed by atoms with Crippen molar-refractivity contribution >= 4 is 11.6 Å². The summed E-state index contributed by atoms with van der Waals surface area (Å²) in [6, 6.07) is 3.79. The molecule has 1 aromatic carbocycles. The van der Waals surface area contributed by atoms with Crippen molar-refractivity contribution < 1.29 is 18.3 Å². The smallest absolute Gasteiger partial charge is 0.251 e. The van der Waals surface area contributed by atoms with Gasteiger partial charge in [0, 0.05) is 43.9 Å². The Morgan fingerprint density at radius 3 is 2.76 bits per heavy atom. The van der Waals surface area contributed by atoms with Crippen LogP contribution in [0.15, 0.2) is 24.5 Å². The van der Waals surface area contributed by atoms with Gasteiger partial charge >= 0.3 is 0 Å². The van der Waals surface area contributed by atoms with Crippen molar-refractivity contribution in [3.63, 3.8) is 0 Å². The molecule has 0 spiro atoms. The molecule has 29 heavy (non-hydrogen) atoms. The molecule has 1 aliphatic heterocycles. The van der Waals surface area contributed by atoms with Crippen LogP contribution in [0.2, 0.25) is 0 Å². The number of amides is 1. The van der Waals surface area contributed by atoms with Crippen LogP contribution in [0.3, 0.4) is 0 Å². The number of aromatic nitrogens is 3. The number of imidazole rings is 1. The first-order valence-corrected chi connectivity index (χ1v) is 9.35. The third-order valence-electron chi connectivity index (χ3n) is 4.95. The molecular formula is C20H21F2N5O2. The number of benzene rings is 1. The van der Waals surface area contributed by atoms with E-state index in [9.17, 15) is 13.6 Å². The van der Waals surface area contributed by atoms with Crippen LogP contribution in [0.1, 0.15) is 21.7 Å². The largest absolute Gasteiger partial charge is 0.375 e. The second-order valence-electron chi connectivity index (χ2n) is 6.96. The van der Waals surface area contributed by atoms with Gasteiger partial charge in [-0.15, -0.1) is 0 Å². The zero-order valence-corrected chi connectivity index (χ0v) is 16.1. The van der Waals surface area contributed by atoms with E-state index in [1.165, 1.54) is 7.05 Å². The van der Waals surface area contributed by atoms with E-state index in [4.69, 9.17) is 4.74 Å².